The molecule has 0 saturated carbocycles. The molecule has 4 heteroatoms. The van der Waals surface area contributed by atoms with Gasteiger partial charge in [0.05, 0.1) is 11.9 Å². The highest BCUT2D eigenvalue weighted by molar-refractivity contribution is 7.89. The third kappa shape index (κ3) is 3.47. The van der Waals surface area contributed by atoms with Gasteiger partial charge >= 0.3 is 0 Å². The van der Waals surface area contributed by atoms with Crippen molar-refractivity contribution in [2.24, 2.45) is 0 Å². The van der Waals surface area contributed by atoms with Crippen LogP contribution in [0.4, 0.5) is 0 Å². The van der Waals surface area contributed by atoms with Crippen LogP contribution in [0.15, 0.2) is 24.3 Å². The van der Waals surface area contributed by atoms with E-state index in [0.717, 1.165) is 5.56 Å². The molecule has 1 atom stereocenters. The van der Waals surface area contributed by atoms with Gasteiger partial charge in [-0.3, -0.25) is 0 Å². The first-order valence-corrected chi connectivity index (χ1v) is 6.39. The standard InChI is InChI=1S/C10H14O3S/c1-8(11)10-5-3-4-9(6-10)7-14(2,12)13/h3-6,8,11H,7H2,1-2H3. The summed E-state index contributed by atoms with van der Waals surface area (Å²) in [5.41, 5.74) is 1.46. The highest BCUT2D eigenvalue weighted by atomic mass is 32.2. The average molecular weight is 214 g/mol. The van der Waals surface area contributed by atoms with E-state index in [4.69, 9.17) is 0 Å². The van der Waals surface area contributed by atoms with Gasteiger partial charge < -0.3 is 5.11 Å². The van der Waals surface area contributed by atoms with E-state index >= 15 is 0 Å². The Bertz CT molecular complexity index is 407. The second-order valence-electron chi connectivity index (χ2n) is 3.49. The van der Waals surface area contributed by atoms with E-state index in [1.54, 1.807) is 31.2 Å². The van der Waals surface area contributed by atoms with Crippen LogP contribution < -0.4 is 0 Å². The number of aliphatic hydroxyl groups excluding tert-OH is 1. The predicted octanol–water partition coefficient (Wildman–Crippen LogP) is 1.28. The monoisotopic (exact) mass is 214 g/mol. The molecule has 0 spiro atoms. The SMILES string of the molecule is CC(O)c1cccc(CS(C)(=O)=O)c1. The lowest BCUT2D eigenvalue weighted by Gasteiger charge is -2.06. The van der Waals surface area contributed by atoms with Crippen molar-refractivity contribution in [1.29, 1.82) is 0 Å². The van der Waals surface area contributed by atoms with E-state index < -0.39 is 15.9 Å². The van der Waals surface area contributed by atoms with Crippen molar-refractivity contribution in [3.05, 3.63) is 35.4 Å². The van der Waals surface area contributed by atoms with Crippen LogP contribution in [-0.2, 0) is 15.6 Å². The fourth-order valence-corrected chi connectivity index (χ4v) is 2.03. The molecule has 78 valence electrons. The molecule has 0 fully saturated rings. The van der Waals surface area contributed by atoms with Crippen LogP contribution in [0.3, 0.4) is 0 Å². The molecule has 1 N–H and O–H groups in total. The summed E-state index contributed by atoms with van der Waals surface area (Å²) in [6, 6.07) is 6.98. The maximum absolute atomic E-state index is 11.0. The lowest BCUT2D eigenvalue weighted by Crippen LogP contribution is -2.01. The summed E-state index contributed by atoms with van der Waals surface area (Å²) < 4.78 is 22.0. The van der Waals surface area contributed by atoms with Gasteiger partial charge in [0.1, 0.15) is 0 Å². The van der Waals surface area contributed by atoms with Crippen LogP contribution in [0.25, 0.3) is 0 Å². The summed E-state index contributed by atoms with van der Waals surface area (Å²) in [5, 5.41) is 9.30. The molecular weight excluding hydrogens is 200 g/mol. The van der Waals surface area contributed by atoms with Crippen LogP contribution >= 0.6 is 0 Å². The first kappa shape index (κ1) is 11.2. The van der Waals surface area contributed by atoms with Crippen LogP contribution in [0.2, 0.25) is 0 Å². The van der Waals surface area contributed by atoms with Crippen molar-refractivity contribution < 1.29 is 13.5 Å². The van der Waals surface area contributed by atoms with Gasteiger partial charge in [-0.05, 0) is 18.1 Å². The van der Waals surface area contributed by atoms with Crippen molar-refractivity contribution in [1.82, 2.24) is 0 Å². The molecule has 0 aliphatic rings. The number of aliphatic hydroxyl groups is 1. The molecule has 0 bridgehead atoms. The van der Waals surface area contributed by atoms with Gasteiger partial charge in [-0.15, -0.1) is 0 Å². The molecule has 1 aromatic carbocycles. The molecule has 0 saturated heterocycles. The number of sulfone groups is 1. The topological polar surface area (TPSA) is 54.4 Å². The summed E-state index contributed by atoms with van der Waals surface area (Å²) in [7, 11) is -3.00. The quantitative estimate of drug-likeness (QED) is 0.824. The van der Waals surface area contributed by atoms with Crippen molar-refractivity contribution in [3.63, 3.8) is 0 Å². The zero-order valence-corrected chi connectivity index (χ0v) is 9.08. The van der Waals surface area contributed by atoms with Gasteiger partial charge in [-0.1, -0.05) is 24.3 Å². The van der Waals surface area contributed by atoms with Crippen molar-refractivity contribution in [2.75, 3.05) is 6.26 Å². The molecule has 0 aromatic heterocycles. The fraction of sp³-hybridized carbons (Fsp3) is 0.400. The van der Waals surface area contributed by atoms with Crippen molar-refractivity contribution >= 4 is 9.84 Å². The van der Waals surface area contributed by atoms with E-state index in [9.17, 15) is 13.5 Å². The van der Waals surface area contributed by atoms with Crippen molar-refractivity contribution in [2.45, 2.75) is 18.8 Å². The van der Waals surface area contributed by atoms with Gasteiger partial charge in [0, 0.05) is 6.26 Å². The van der Waals surface area contributed by atoms with Crippen LogP contribution in [0, 0.1) is 0 Å². The second-order valence-corrected chi connectivity index (χ2v) is 5.63. The Kier molecular flexibility index (Phi) is 3.29. The number of hydrogen-bond acceptors (Lipinski definition) is 3. The highest BCUT2D eigenvalue weighted by Gasteiger charge is 2.06. The Morgan fingerprint density at radius 1 is 1.43 bits per heavy atom. The molecule has 0 radical (unpaired) electrons. The maximum atomic E-state index is 11.0. The van der Waals surface area contributed by atoms with Crippen LogP contribution in [0.5, 0.6) is 0 Å². The van der Waals surface area contributed by atoms with Gasteiger partial charge in [0.15, 0.2) is 9.84 Å². The second kappa shape index (κ2) is 4.11. The summed E-state index contributed by atoms with van der Waals surface area (Å²) in [6.45, 7) is 1.65. The molecule has 0 heterocycles. The molecule has 0 aliphatic carbocycles. The summed E-state index contributed by atoms with van der Waals surface area (Å²) in [4.78, 5) is 0. The molecule has 3 nitrogen and oxygen atoms in total. The Hall–Kier alpha value is -0.870. The predicted molar refractivity (Wildman–Crippen MR) is 55.6 cm³/mol. The number of rotatable bonds is 3. The van der Waals surface area contributed by atoms with E-state index in [1.807, 2.05) is 0 Å². The lowest BCUT2D eigenvalue weighted by molar-refractivity contribution is 0.199. The summed E-state index contributed by atoms with van der Waals surface area (Å²) in [5.74, 6) is 0.0214. The minimum atomic E-state index is -3.00. The Labute approximate surface area is 84.3 Å². The van der Waals surface area contributed by atoms with Crippen molar-refractivity contribution in [3.8, 4) is 0 Å². The zero-order valence-electron chi connectivity index (χ0n) is 8.27. The first-order chi connectivity index (χ1) is 6.38. The fourth-order valence-electron chi connectivity index (χ4n) is 1.25. The van der Waals surface area contributed by atoms with E-state index in [0.29, 0.717) is 5.56 Å². The van der Waals surface area contributed by atoms with Gasteiger partial charge in [0.25, 0.3) is 0 Å². The van der Waals surface area contributed by atoms with Gasteiger partial charge in [-0.25, -0.2) is 8.42 Å². The lowest BCUT2D eigenvalue weighted by atomic mass is 10.1. The van der Waals surface area contributed by atoms with E-state index in [1.165, 1.54) is 6.26 Å². The third-order valence-electron chi connectivity index (χ3n) is 1.86. The number of benzene rings is 1. The summed E-state index contributed by atoms with van der Waals surface area (Å²) >= 11 is 0. The van der Waals surface area contributed by atoms with E-state index in [-0.39, 0.29) is 5.75 Å². The smallest absolute Gasteiger partial charge is 0.151 e. The van der Waals surface area contributed by atoms with E-state index in [2.05, 4.69) is 0 Å². The first-order valence-electron chi connectivity index (χ1n) is 4.33. The van der Waals surface area contributed by atoms with Gasteiger partial charge in [-0.2, -0.15) is 0 Å². The van der Waals surface area contributed by atoms with Crippen LogP contribution in [0.1, 0.15) is 24.2 Å². The third-order valence-corrected chi connectivity index (χ3v) is 2.72. The minimum Gasteiger partial charge on any atom is -0.389 e. The number of hydrogen-bond donors (Lipinski definition) is 1. The molecular formula is C10H14O3S. The Morgan fingerprint density at radius 2 is 2.07 bits per heavy atom. The van der Waals surface area contributed by atoms with Crippen LogP contribution in [-0.4, -0.2) is 19.8 Å². The molecule has 1 aromatic rings. The molecule has 1 rings (SSSR count). The summed E-state index contributed by atoms with van der Waals surface area (Å²) in [6.07, 6.45) is 0.636. The Balaban J connectivity index is 2.95. The minimum absolute atomic E-state index is 0.0214. The molecule has 1 unspecified atom stereocenters. The van der Waals surface area contributed by atoms with Gasteiger partial charge in [0.2, 0.25) is 0 Å². The highest BCUT2D eigenvalue weighted by Crippen LogP contribution is 2.14. The Morgan fingerprint density at radius 3 is 2.57 bits per heavy atom. The molecule has 0 amide bonds. The molecule has 14 heavy (non-hydrogen) atoms. The zero-order chi connectivity index (χ0) is 10.8. The largest absolute Gasteiger partial charge is 0.389 e. The maximum Gasteiger partial charge on any atom is 0.151 e. The average Bonchev–Trinajstić information content (AvgIpc) is 2.01. The molecule has 0 aliphatic heterocycles. The normalized spacial score (nSPS) is 13.9.